The lowest BCUT2D eigenvalue weighted by atomic mass is 10.1. The van der Waals surface area contributed by atoms with Crippen LogP contribution in [0, 0.1) is 3.57 Å². The van der Waals surface area contributed by atoms with Gasteiger partial charge in [0.15, 0.2) is 0 Å². The number of fused-ring (bicyclic) bond motifs is 1. The Hall–Kier alpha value is -1.55. The van der Waals surface area contributed by atoms with Crippen molar-refractivity contribution in [3.63, 3.8) is 0 Å². The normalized spacial score (nSPS) is 10.6. The number of ether oxygens (including phenoxy) is 1. The van der Waals surface area contributed by atoms with Crippen molar-refractivity contribution in [3.8, 4) is 5.75 Å². The van der Waals surface area contributed by atoms with Gasteiger partial charge in [0.25, 0.3) is 0 Å². The fourth-order valence-corrected chi connectivity index (χ4v) is 2.39. The van der Waals surface area contributed by atoms with Gasteiger partial charge in [-0.05, 0) is 69.3 Å². The van der Waals surface area contributed by atoms with E-state index in [2.05, 4.69) is 77.2 Å². The molecule has 0 radical (unpaired) electrons. The van der Waals surface area contributed by atoms with Gasteiger partial charge in [0.1, 0.15) is 12.4 Å². The zero-order valence-electron chi connectivity index (χ0n) is 10.3. The van der Waals surface area contributed by atoms with Gasteiger partial charge in [0.2, 0.25) is 0 Å². The molecule has 0 spiro atoms. The maximum absolute atomic E-state index is 5.79. The Bertz CT molecular complexity index is 689. The van der Waals surface area contributed by atoms with Gasteiger partial charge >= 0.3 is 0 Å². The van der Waals surface area contributed by atoms with E-state index >= 15 is 0 Å². The van der Waals surface area contributed by atoms with Crippen molar-refractivity contribution in [2.24, 2.45) is 0 Å². The van der Waals surface area contributed by atoms with Gasteiger partial charge in [-0.15, -0.1) is 0 Å². The summed E-state index contributed by atoms with van der Waals surface area (Å²) in [6.07, 6.45) is 0. The first kappa shape index (κ1) is 12.5. The fraction of sp³-hybridized carbons (Fsp3) is 0.0588. The summed E-state index contributed by atoms with van der Waals surface area (Å²) >= 11 is 2.29. The lowest BCUT2D eigenvalue weighted by Gasteiger charge is -2.07. The molecule has 0 saturated heterocycles. The summed E-state index contributed by atoms with van der Waals surface area (Å²) in [6.45, 7) is 0.603. The third-order valence-electron chi connectivity index (χ3n) is 3.03. The van der Waals surface area contributed by atoms with Crippen LogP contribution in [0.3, 0.4) is 0 Å². The second-order valence-electron chi connectivity index (χ2n) is 4.42. The van der Waals surface area contributed by atoms with E-state index in [-0.39, 0.29) is 0 Å². The number of hydrogen-bond donors (Lipinski definition) is 0. The molecule has 0 N–H and O–H groups in total. The van der Waals surface area contributed by atoms with E-state index < -0.39 is 0 Å². The lowest BCUT2D eigenvalue weighted by molar-refractivity contribution is 0.306. The molecular weight excluding hydrogens is 347 g/mol. The van der Waals surface area contributed by atoms with Gasteiger partial charge in [0.05, 0.1) is 0 Å². The zero-order chi connectivity index (χ0) is 13.1. The summed E-state index contributed by atoms with van der Waals surface area (Å²) in [5.41, 5.74) is 1.19. The lowest BCUT2D eigenvalue weighted by Crippen LogP contribution is -1.95. The second-order valence-corrected chi connectivity index (χ2v) is 5.67. The molecule has 0 unspecified atom stereocenters. The van der Waals surface area contributed by atoms with Crippen LogP contribution in [-0.2, 0) is 6.61 Å². The highest BCUT2D eigenvalue weighted by atomic mass is 127. The highest BCUT2D eigenvalue weighted by Gasteiger charge is 1.98. The quantitative estimate of drug-likeness (QED) is 0.596. The maximum Gasteiger partial charge on any atom is 0.119 e. The van der Waals surface area contributed by atoms with E-state index in [1.807, 2.05) is 12.1 Å². The summed E-state index contributed by atoms with van der Waals surface area (Å²) in [6, 6.07) is 22.9. The van der Waals surface area contributed by atoms with Gasteiger partial charge in [0, 0.05) is 3.57 Å². The average molecular weight is 360 g/mol. The SMILES string of the molecule is Ic1ccc(OCc2ccc3ccccc3c2)cc1. The first-order valence-corrected chi connectivity index (χ1v) is 7.25. The van der Waals surface area contributed by atoms with Crippen LogP contribution in [0.4, 0.5) is 0 Å². The van der Waals surface area contributed by atoms with Crippen molar-refractivity contribution < 1.29 is 4.74 Å². The van der Waals surface area contributed by atoms with Crippen molar-refractivity contribution >= 4 is 33.4 Å². The van der Waals surface area contributed by atoms with Crippen molar-refractivity contribution in [1.29, 1.82) is 0 Å². The summed E-state index contributed by atoms with van der Waals surface area (Å²) in [5.74, 6) is 0.911. The Morgan fingerprint density at radius 1 is 0.789 bits per heavy atom. The molecule has 2 heteroatoms. The fourth-order valence-electron chi connectivity index (χ4n) is 2.03. The van der Waals surface area contributed by atoms with E-state index in [9.17, 15) is 0 Å². The van der Waals surface area contributed by atoms with Crippen molar-refractivity contribution in [2.45, 2.75) is 6.61 Å². The summed E-state index contributed by atoms with van der Waals surface area (Å²) in [7, 11) is 0. The Balaban J connectivity index is 1.76. The zero-order valence-corrected chi connectivity index (χ0v) is 12.5. The van der Waals surface area contributed by atoms with E-state index in [0.29, 0.717) is 6.61 Å². The van der Waals surface area contributed by atoms with Crippen molar-refractivity contribution in [1.82, 2.24) is 0 Å². The molecule has 0 amide bonds. The van der Waals surface area contributed by atoms with Crippen LogP contribution in [0.15, 0.2) is 66.7 Å². The van der Waals surface area contributed by atoms with Crippen molar-refractivity contribution in [3.05, 3.63) is 75.9 Å². The molecule has 0 aromatic heterocycles. The molecule has 3 rings (SSSR count). The molecule has 0 atom stereocenters. The van der Waals surface area contributed by atoms with Crippen LogP contribution < -0.4 is 4.74 Å². The third kappa shape index (κ3) is 3.07. The van der Waals surface area contributed by atoms with Gasteiger partial charge < -0.3 is 4.74 Å². The van der Waals surface area contributed by atoms with Crippen LogP contribution in [0.2, 0.25) is 0 Å². The van der Waals surface area contributed by atoms with Crippen LogP contribution >= 0.6 is 22.6 Å². The maximum atomic E-state index is 5.79. The van der Waals surface area contributed by atoms with Crippen LogP contribution in [0.1, 0.15) is 5.56 Å². The van der Waals surface area contributed by atoms with E-state index in [1.165, 1.54) is 19.9 Å². The molecule has 3 aromatic carbocycles. The average Bonchev–Trinajstić information content (AvgIpc) is 2.46. The van der Waals surface area contributed by atoms with E-state index in [0.717, 1.165) is 5.75 Å². The van der Waals surface area contributed by atoms with Gasteiger partial charge in [-0.3, -0.25) is 0 Å². The molecule has 1 nitrogen and oxygen atoms in total. The Morgan fingerprint density at radius 3 is 2.32 bits per heavy atom. The second kappa shape index (κ2) is 5.61. The van der Waals surface area contributed by atoms with Gasteiger partial charge in [-0.25, -0.2) is 0 Å². The number of benzene rings is 3. The van der Waals surface area contributed by atoms with Crippen LogP contribution in [0.25, 0.3) is 10.8 Å². The minimum Gasteiger partial charge on any atom is -0.489 e. The molecular formula is C17H13IO. The van der Waals surface area contributed by atoms with Gasteiger partial charge in [-0.2, -0.15) is 0 Å². The minimum absolute atomic E-state index is 0.603. The number of hydrogen-bond acceptors (Lipinski definition) is 1. The van der Waals surface area contributed by atoms with Crippen molar-refractivity contribution in [2.75, 3.05) is 0 Å². The molecule has 19 heavy (non-hydrogen) atoms. The molecule has 0 saturated carbocycles. The summed E-state index contributed by atoms with van der Waals surface area (Å²) < 4.78 is 7.01. The Labute approximate surface area is 126 Å². The van der Waals surface area contributed by atoms with Crippen LogP contribution in [-0.4, -0.2) is 0 Å². The molecule has 3 aromatic rings. The van der Waals surface area contributed by atoms with Crippen LogP contribution in [0.5, 0.6) is 5.75 Å². The minimum atomic E-state index is 0.603. The largest absolute Gasteiger partial charge is 0.489 e. The summed E-state index contributed by atoms with van der Waals surface area (Å²) in [5, 5.41) is 2.52. The molecule has 0 fully saturated rings. The van der Waals surface area contributed by atoms with Gasteiger partial charge in [-0.1, -0.05) is 36.4 Å². The molecule has 0 aliphatic heterocycles. The highest BCUT2D eigenvalue weighted by Crippen LogP contribution is 2.18. The molecule has 0 heterocycles. The predicted octanol–water partition coefficient (Wildman–Crippen LogP) is 5.02. The first-order valence-electron chi connectivity index (χ1n) is 6.17. The molecule has 0 aliphatic carbocycles. The number of rotatable bonds is 3. The molecule has 94 valence electrons. The Morgan fingerprint density at radius 2 is 1.53 bits per heavy atom. The monoisotopic (exact) mass is 360 g/mol. The highest BCUT2D eigenvalue weighted by molar-refractivity contribution is 14.1. The molecule has 0 aliphatic rings. The molecule has 0 bridgehead atoms. The Kier molecular flexibility index (Phi) is 3.69. The standard InChI is InChI=1S/C17H13IO/c18-16-7-9-17(10-8-16)19-12-13-5-6-14-3-1-2-4-15(14)11-13/h1-11H,12H2. The van der Waals surface area contributed by atoms with E-state index in [4.69, 9.17) is 4.74 Å². The predicted molar refractivity (Wildman–Crippen MR) is 87.4 cm³/mol. The summed E-state index contributed by atoms with van der Waals surface area (Å²) in [4.78, 5) is 0. The van der Waals surface area contributed by atoms with E-state index in [1.54, 1.807) is 0 Å². The smallest absolute Gasteiger partial charge is 0.119 e. The number of halogens is 1. The first-order chi connectivity index (χ1) is 9.31. The third-order valence-corrected chi connectivity index (χ3v) is 3.75. The topological polar surface area (TPSA) is 9.23 Å².